The molecule has 2 N–H and O–H groups in total. The van der Waals surface area contributed by atoms with Crippen LogP contribution in [0.15, 0.2) is 48.7 Å². The number of esters is 1. The molecule has 0 saturated heterocycles. The van der Waals surface area contributed by atoms with Gasteiger partial charge >= 0.3 is 5.97 Å². The highest BCUT2D eigenvalue weighted by atomic mass is 16.5. The predicted octanol–water partition coefficient (Wildman–Crippen LogP) is 3.51. The van der Waals surface area contributed by atoms with E-state index in [-0.39, 0.29) is 23.3 Å². The highest BCUT2D eigenvalue weighted by molar-refractivity contribution is 6.12. The smallest absolute Gasteiger partial charge is 0.338 e. The minimum absolute atomic E-state index is 0.0822. The Morgan fingerprint density at radius 2 is 2.00 bits per heavy atom. The van der Waals surface area contributed by atoms with Gasteiger partial charge in [0, 0.05) is 34.3 Å². The van der Waals surface area contributed by atoms with Crippen LogP contribution >= 0.6 is 0 Å². The fraction of sp³-hybridized carbons (Fsp3) is 0.190. The summed E-state index contributed by atoms with van der Waals surface area (Å²) in [5.74, 6) is -0.505. The molecule has 4 rings (SSSR count). The van der Waals surface area contributed by atoms with E-state index in [4.69, 9.17) is 4.74 Å². The third-order valence-corrected chi connectivity index (χ3v) is 4.96. The Bertz CT molecular complexity index is 1040. The minimum Gasteiger partial charge on any atom is -0.465 e. The maximum atomic E-state index is 12.6. The summed E-state index contributed by atoms with van der Waals surface area (Å²) in [7, 11) is 1.28. The molecule has 0 radical (unpaired) electrons. The summed E-state index contributed by atoms with van der Waals surface area (Å²) in [4.78, 5) is 39.0. The number of aromatic amines is 1. The van der Waals surface area contributed by atoms with E-state index < -0.39 is 5.97 Å². The van der Waals surface area contributed by atoms with E-state index in [0.29, 0.717) is 28.4 Å². The molecule has 6 nitrogen and oxygen atoms in total. The zero-order valence-corrected chi connectivity index (χ0v) is 14.7. The number of fused-ring (bicyclic) bond motifs is 1. The molecule has 1 aromatic heterocycles. The summed E-state index contributed by atoms with van der Waals surface area (Å²) < 4.78 is 4.83. The molecule has 27 heavy (non-hydrogen) atoms. The van der Waals surface area contributed by atoms with Gasteiger partial charge in [-0.15, -0.1) is 0 Å². The molecule has 1 heterocycles. The molecule has 0 unspecified atom stereocenters. The molecule has 136 valence electrons. The van der Waals surface area contributed by atoms with Crippen LogP contribution in [0.5, 0.6) is 0 Å². The Hall–Kier alpha value is -3.41. The zero-order valence-electron chi connectivity index (χ0n) is 14.7. The number of rotatable bonds is 5. The van der Waals surface area contributed by atoms with Crippen LogP contribution in [-0.4, -0.2) is 30.3 Å². The van der Waals surface area contributed by atoms with Crippen molar-refractivity contribution in [1.82, 2.24) is 4.98 Å². The maximum Gasteiger partial charge on any atom is 0.338 e. The van der Waals surface area contributed by atoms with Gasteiger partial charge in [0.25, 0.3) is 0 Å². The van der Waals surface area contributed by atoms with Gasteiger partial charge in [-0.25, -0.2) is 4.79 Å². The topological polar surface area (TPSA) is 88.3 Å². The number of nitrogens with one attached hydrogen (secondary N) is 2. The van der Waals surface area contributed by atoms with E-state index in [1.165, 1.54) is 13.3 Å². The van der Waals surface area contributed by atoms with E-state index >= 15 is 0 Å². The largest absolute Gasteiger partial charge is 0.465 e. The van der Waals surface area contributed by atoms with Crippen LogP contribution in [0.2, 0.25) is 0 Å². The Kier molecular flexibility index (Phi) is 4.24. The maximum absolute atomic E-state index is 12.6. The van der Waals surface area contributed by atoms with Crippen LogP contribution in [0.4, 0.5) is 5.69 Å². The average molecular weight is 362 g/mol. The lowest BCUT2D eigenvalue weighted by molar-refractivity contribution is -0.117. The number of methoxy groups -OCH3 is 1. The molecule has 1 fully saturated rings. The number of aldehydes is 1. The van der Waals surface area contributed by atoms with Gasteiger partial charge in [-0.05, 0) is 30.0 Å². The Labute approximate surface area is 155 Å². The first kappa shape index (κ1) is 17.0. The first-order valence-corrected chi connectivity index (χ1v) is 8.66. The Morgan fingerprint density at radius 1 is 1.22 bits per heavy atom. The van der Waals surface area contributed by atoms with Crippen LogP contribution in [0.1, 0.15) is 38.6 Å². The number of H-pyrrole nitrogens is 1. The number of hydrogen-bond acceptors (Lipinski definition) is 4. The monoisotopic (exact) mass is 362 g/mol. The van der Waals surface area contributed by atoms with E-state index in [9.17, 15) is 14.4 Å². The molecule has 0 aliphatic heterocycles. The fourth-order valence-corrected chi connectivity index (χ4v) is 3.52. The van der Waals surface area contributed by atoms with E-state index in [0.717, 1.165) is 12.0 Å². The second-order valence-electron chi connectivity index (χ2n) is 6.65. The van der Waals surface area contributed by atoms with Crippen molar-refractivity contribution in [2.45, 2.75) is 12.3 Å². The molecule has 1 aliphatic carbocycles. The predicted molar refractivity (Wildman–Crippen MR) is 101 cm³/mol. The van der Waals surface area contributed by atoms with Crippen molar-refractivity contribution in [2.24, 2.45) is 5.92 Å². The first-order valence-electron chi connectivity index (χ1n) is 8.66. The average Bonchev–Trinajstić information content (AvgIpc) is 3.40. The van der Waals surface area contributed by atoms with Crippen molar-refractivity contribution in [1.29, 1.82) is 0 Å². The summed E-state index contributed by atoms with van der Waals surface area (Å²) in [5, 5.41) is 3.38. The van der Waals surface area contributed by atoms with Crippen LogP contribution < -0.4 is 5.32 Å². The first-order chi connectivity index (χ1) is 13.1. The Morgan fingerprint density at radius 3 is 2.70 bits per heavy atom. The van der Waals surface area contributed by atoms with Gasteiger partial charge in [-0.3, -0.25) is 9.59 Å². The summed E-state index contributed by atoms with van der Waals surface area (Å²) in [6, 6.07) is 13.2. The molecule has 6 heteroatoms. The SMILES string of the molecule is COC(=O)c1cc(NC(=O)[C@@H]2C[C@H]2c2ccccc2)cc2[nH]cc(C=O)c12. The van der Waals surface area contributed by atoms with Crippen LogP contribution in [-0.2, 0) is 9.53 Å². The second kappa shape index (κ2) is 6.72. The lowest BCUT2D eigenvalue weighted by Crippen LogP contribution is -2.15. The molecular weight excluding hydrogens is 344 g/mol. The number of hydrogen-bond donors (Lipinski definition) is 2. The summed E-state index contributed by atoms with van der Waals surface area (Å²) in [6.45, 7) is 0. The molecule has 0 bridgehead atoms. The van der Waals surface area contributed by atoms with Crippen molar-refractivity contribution in [3.05, 3.63) is 65.4 Å². The standard InChI is InChI=1S/C21H18N2O4/c1-27-21(26)17-7-14(8-18-19(17)13(11-24)10-22-18)23-20(25)16-9-15(16)12-5-3-2-4-6-12/h2-8,10-11,15-16,22H,9H2,1H3,(H,23,25)/t15-,16+/m0/s1. The van der Waals surface area contributed by atoms with Crippen molar-refractivity contribution in [2.75, 3.05) is 12.4 Å². The van der Waals surface area contributed by atoms with Gasteiger partial charge in [-0.1, -0.05) is 30.3 Å². The molecule has 2 aromatic carbocycles. The quantitative estimate of drug-likeness (QED) is 0.537. The molecule has 3 aromatic rings. The number of aromatic nitrogens is 1. The summed E-state index contributed by atoms with van der Waals surface area (Å²) in [6.07, 6.45) is 3.01. The minimum atomic E-state index is -0.563. The van der Waals surface area contributed by atoms with E-state index in [2.05, 4.69) is 10.3 Å². The summed E-state index contributed by atoms with van der Waals surface area (Å²) in [5.41, 5.74) is 2.85. The van der Waals surface area contributed by atoms with Gasteiger partial charge in [0.1, 0.15) is 0 Å². The van der Waals surface area contributed by atoms with Crippen molar-refractivity contribution >= 4 is 34.8 Å². The zero-order chi connectivity index (χ0) is 19.0. The number of carbonyl (C=O) groups excluding carboxylic acids is 3. The molecule has 2 atom stereocenters. The van der Waals surface area contributed by atoms with Gasteiger partial charge in [0.05, 0.1) is 12.7 Å². The summed E-state index contributed by atoms with van der Waals surface area (Å²) >= 11 is 0. The van der Waals surface area contributed by atoms with E-state index in [1.54, 1.807) is 12.1 Å². The lowest BCUT2D eigenvalue weighted by atomic mass is 10.1. The van der Waals surface area contributed by atoms with Gasteiger partial charge in [0.2, 0.25) is 5.91 Å². The normalized spacial score (nSPS) is 18.1. The molecular formula is C21H18N2O4. The van der Waals surface area contributed by atoms with Crippen LogP contribution in [0, 0.1) is 5.92 Å². The number of carbonyl (C=O) groups is 3. The van der Waals surface area contributed by atoms with Gasteiger partial charge < -0.3 is 15.0 Å². The Balaban J connectivity index is 1.60. The van der Waals surface area contributed by atoms with Gasteiger partial charge in [-0.2, -0.15) is 0 Å². The molecule has 0 spiro atoms. The third-order valence-electron chi connectivity index (χ3n) is 4.96. The van der Waals surface area contributed by atoms with Crippen molar-refractivity contribution < 1.29 is 19.1 Å². The van der Waals surface area contributed by atoms with Crippen LogP contribution in [0.25, 0.3) is 10.9 Å². The molecule has 1 aliphatic rings. The number of anilines is 1. The fourth-order valence-electron chi connectivity index (χ4n) is 3.52. The highest BCUT2D eigenvalue weighted by Gasteiger charge is 2.43. The highest BCUT2D eigenvalue weighted by Crippen LogP contribution is 2.48. The van der Waals surface area contributed by atoms with Crippen molar-refractivity contribution in [3.63, 3.8) is 0 Å². The van der Waals surface area contributed by atoms with Crippen molar-refractivity contribution in [3.8, 4) is 0 Å². The number of amides is 1. The van der Waals surface area contributed by atoms with E-state index in [1.807, 2.05) is 30.3 Å². The number of ether oxygens (including phenoxy) is 1. The lowest BCUT2D eigenvalue weighted by Gasteiger charge is -2.09. The number of benzene rings is 2. The van der Waals surface area contributed by atoms with Gasteiger partial charge in [0.15, 0.2) is 6.29 Å². The molecule has 1 saturated carbocycles. The van der Waals surface area contributed by atoms with Crippen LogP contribution in [0.3, 0.4) is 0 Å². The molecule has 1 amide bonds. The third kappa shape index (κ3) is 3.10. The second-order valence-corrected chi connectivity index (χ2v) is 6.65.